The number of aldehydes is 1. The maximum Gasteiger partial charge on any atom is 0.122 e. The van der Waals surface area contributed by atoms with Gasteiger partial charge in [-0.1, -0.05) is 6.92 Å². The molecular weight excluding hydrogens is 128 g/mol. The number of hydrogen-bond donors (Lipinski definition) is 1. The molecule has 0 aliphatic heterocycles. The van der Waals surface area contributed by atoms with E-state index in [9.17, 15) is 9.90 Å². The Kier molecular flexibility index (Phi) is 2.09. The number of rotatable bonds is 2. The lowest BCUT2D eigenvalue weighted by atomic mass is 9.98. The van der Waals surface area contributed by atoms with E-state index in [1.807, 2.05) is 0 Å². The molecule has 0 aromatic carbocycles. The number of carbonyl (C=O) groups is 1. The van der Waals surface area contributed by atoms with Gasteiger partial charge in [0.05, 0.1) is 5.60 Å². The van der Waals surface area contributed by atoms with Crippen LogP contribution in [0.15, 0.2) is 0 Å². The van der Waals surface area contributed by atoms with Crippen molar-refractivity contribution in [3.05, 3.63) is 0 Å². The summed E-state index contributed by atoms with van der Waals surface area (Å²) in [5.74, 6) is 0.588. The summed E-state index contributed by atoms with van der Waals surface area (Å²) in [7, 11) is 0. The lowest BCUT2D eigenvalue weighted by Gasteiger charge is -2.18. The Hall–Kier alpha value is -0.370. The largest absolute Gasteiger partial charge is 0.389 e. The van der Waals surface area contributed by atoms with Gasteiger partial charge in [0, 0.05) is 6.42 Å². The number of hydrogen-bond acceptors (Lipinski definition) is 2. The molecule has 2 atom stereocenters. The van der Waals surface area contributed by atoms with Gasteiger partial charge in [-0.25, -0.2) is 0 Å². The fourth-order valence-electron chi connectivity index (χ4n) is 1.71. The summed E-state index contributed by atoms with van der Waals surface area (Å²) in [5.41, 5.74) is -0.652. The molecule has 1 aliphatic carbocycles. The molecule has 1 N–H and O–H groups in total. The van der Waals surface area contributed by atoms with Crippen molar-refractivity contribution >= 4 is 6.29 Å². The van der Waals surface area contributed by atoms with Crippen LogP contribution >= 0.6 is 0 Å². The highest BCUT2D eigenvalue weighted by Gasteiger charge is 2.34. The molecule has 0 saturated heterocycles. The Morgan fingerprint density at radius 3 is 2.90 bits per heavy atom. The van der Waals surface area contributed by atoms with Crippen LogP contribution in [0.25, 0.3) is 0 Å². The maximum atomic E-state index is 10.1. The lowest BCUT2D eigenvalue weighted by molar-refractivity contribution is -0.112. The molecule has 0 amide bonds. The van der Waals surface area contributed by atoms with Gasteiger partial charge < -0.3 is 9.90 Å². The molecule has 10 heavy (non-hydrogen) atoms. The topological polar surface area (TPSA) is 37.3 Å². The van der Waals surface area contributed by atoms with Gasteiger partial charge in [0.25, 0.3) is 0 Å². The standard InChI is InChI=1S/C8H14O2/c1-7-2-3-8(10,6-7)4-5-9/h5,7,10H,2-4,6H2,1H3. The number of carbonyl (C=O) groups excluding carboxylic acids is 1. The van der Waals surface area contributed by atoms with Crippen LogP contribution in [0.2, 0.25) is 0 Å². The number of aliphatic hydroxyl groups is 1. The molecule has 2 unspecified atom stereocenters. The van der Waals surface area contributed by atoms with Crippen molar-refractivity contribution in [1.82, 2.24) is 0 Å². The molecule has 58 valence electrons. The average molecular weight is 142 g/mol. The van der Waals surface area contributed by atoms with Crippen molar-refractivity contribution < 1.29 is 9.90 Å². The highest BCUT2D eigenvalue weighted by Crippen LogP contribution is 2.35. The first kappa shape index (κ1) is 7.73. The van der Waals surface area contributed by atoms with Crippen LogP contribution < -0.4 is 0 Å². The molecule has 0 spiro atoms. The van der Waals surface area contributed by atoms with E-state index < -0.39 is 5.60 Å². The first-order valence-corrected chi connectivity index (χ1v) is 3.82. The molecule has 0 aromatic heterocycles. The Balaban J connectivity index is 2.45. The van der Waals surface area contributed by atoms with Crippen molar-refractivity contribution in [3.63, 3.8) is 0 Å². The monoisotopic (exact) mass is 142 g/mol. The van der Waals surface area contributed by atoms with Crippen LogP contribution in [0, 0.1) is 5.92 Å². The van der Waals surface area contributed by atoms with Gasteiger partial charge >= 0.3 is 0 Å². The van der Waals surface area contributed by atoms with Crippen LogP contribution in [0.1, 0.15) is 32.6 Å². The van der Waals surface area contributed by atoms with Gasteiger partial charge in [0.1, 0.15) is 6.29 Å². The molecule has 1 saturated carbocycles. The molecular formula is C8H14O2. The van der Waals surface area contributed by atoms with Crippen molar-refractivity contribution in [2.75, 3.05) is 0 Å². The summed E-state index contributed by atoms with van der Waals surface area (Å²) in [4.78, 5) is 10.1. The highest BCUT2D eigenvalue weighted by atomic mass is 16.3. The second-order valence-corrected chi connectivity index (χ2v) is 3.44. The summed E-state index contributed by atoms with van der Waals surface area (Å²) >= 11 is 0. The normalized spacial score (nSPS) is 40.0. The molecule has 1 rings (SSSR count). The van der Waals surface area contributed by atoms with Gasteiger partial charge in [0.15, 0.2) is 0 Å². The van der Waals surface area contributed by atoms with Crippen molar-refractivity contribution in [3.8, 4) is 0 Å². The Morgan fingerprint density at radius 2 is 2.50 bits per heavy atom. The van der Waals surface area contributed by atoms with Crippen molar-refractivity contribution in [2.45, 2.75) is 38.2 Å². The fraction of sp³-hybridized carbons (Fsp3) is 0.875. The molecule has 0 heterocycles. The minimum absolute atomic E-state index is 0.317. The molecule has 0 aromatic rings. The van der Waals surface area contributed by atoms with Gasteiger partial charge in [-0.2, -0.15) is 0 Å². The van der Waals surface area contributed by atoms with Crippen LogP contribution in [0.5, 0.6) is 0 Å². The van der Waals surface area contributed by atoms with E-state index in [-0.39, 0.29) is 0 Å². The first-order chi connectivity index (χ1) is 4.66. The molecule has 1 fully saturated rings. The molecule has 1 aliphatic rings. The van der Waals surface area contributed by atoms with Crippen LogP contribution in [-0.4, -0.2) is 17.0 Å². The van der Waals surface area contributed by atoms with Gasteiger partial charge in [-0.3, -0.25) is 0 Å². The van der Waals surface area contributed by atoms with Crippen molar-refractivity contribution in [2.24, 2.45) is 5.92 Å². The van der Waals surface area contributed by atoms with Gasteiger partial charge in [0.2, 0.25) is 0 Å². The maximum absolute atomic E-state index is 10.1. The highest BCUT2D eigenvalue weighted by molar-refractivity contribution is 5.51. The lowest BCUT2D eigenvalue weighted by Crippen LogP contribution is -2.24. The SMILES string of the molecule is CC1CCC(O)(CC=O)C1. The Bertz CT molecular complexity index is 133. The minimum atomic E-state index is -0.652. The van der Waals surface area contributed by atoms with E-state index in [1.165, 1.54) is 0 Å². The van der Waals surface area contributed by atoms with E-state index in [2.05, 4.69) is 6.92 Å². The zero-order valence-electron chi connectivity index (χ0n) is 6.34. The third-order valence-corrected chi connectivity index (χ3v) is 2.29. The molecule has 2 nitrogen and oxygen atoms in total. The molecule has 0 bridgehead atoms. The Labute approximate surface area is 61.2 Å². The van der Waals surface area contributed by atoms with Gasteiger partial charge in [-0.05, 0) is 25.2 Å². The Morgan fingerprint density at radius 1 is 1.80 bits per heavy atom. The third kappa shape index (κ3) is 1.57. The minimum Gasteiger partial charge on any atom is -0.389 e. The molecule has 2 heteroatoms. The predicted molar refractivity (Wildman–Crippen MR) is 38.6 cm³/mol. The van der Waals surface area contributed by atoms with E-state index in [0.717, 1.165) is 25.5 Å². The quantitative estimate of drug-likeness (QED) is 0.587. The van der Waals surface area contributed by atoms with Crippen LogP contribution in [0.3, 0.4) is 0 Å². The summed E-state index contributed by atoms with van der Waals surface area (Å²) in [6.07, 6.45) is 3.79. The summed E-state index contributed by atoms with van der Waals surface area (Å²) in [6.45, 7) is 2.11. The second-order valence-electron chi connectivity index (χ2n) is 3.44. The van der Waals surface area contributed by atoms with Crippen molar-refractivity contribution in [1.29, 1.82) is 0 Å². The van der Waals surface area contributed by atoms with E-state index >= 15 is 0 Å². The predicted octanol–water partition coefficient (Wildman–Crippen LogP) is 1.13. The fourth-order valence-corrected chi connectivity index (χ4v) is 1.71. The summed E-state index contributed by atoms with van der Waals surface area (Å²) < 4.78 is 0. The molecule has 0 radical (unpaired) electrons. The summed E-state index contributed by atoms with van der Waals surface area (Å²) in [6, 6.07) is 0. The first-order valence-electron chi connectivity index (χ1n) is 3.82. The van der Waals surface area contributed by atoms with Crippen LogP contribution in [0.4, 0.5) is 0 Å². The zero-order chi connectivity index (χ0) is 7.61. The second kappa shape index (κ2) is 2.70. The van der Waals surface area contributed by atoms with Crippen LogP contribution in [-0.2, 0) is 4.79 Å². The zero-order valence-corrected chi connectivity index (χ0v) is 6.34. The van der Waals surface area contributed by atoms with E-state index in [0.29, 0.717) is 12.3 Å². The van der Waals surface area contributed by atoms with E-state index in [1.54, 1.807) is 0 Å². The average Bonchev–Trinajstić information content (AvgIpc) is 2.12. The van der Waals surface area contributed by atoms with Gasteiger partial charge in [-0.15, -0.1) is 0 Å². The third-order valence-electron chi connectivity index (χ3n) is 2.29. The van der Waals surface area contributed by atoms with E-state index in [4.69, 9.17) is 0 Å². The smallest absolute Gasteiger partial charge is 0.122 e. The summed E-state index contributed by atoms with van der Waals surface area (Å²) in [5, 5.41) is 9.63.